The molecule has 0 aliphatic carbocycles. The molecule has 0 saturated carbocycles. The molecular weight excluding hydrogens is 204 g/mol. The molecule has 0 aromatic rings. The highest BCUT2D eigenvalue weighted by molar-refractivity contribution is 4.81. The average molecular weight is 238 g/mol. The van der Waals surface area contributed by atoms with E-state index in [9.17, 15) is 0 Å². The normalized spacial score (nSPS) is 11.8. The van der Waals surface area contributed by atoms with Crippen molar-refractivity contribution in [3.05, 3.63) is 12.2 Å². The molecule has 0 aromatic heterocycles. The Kier molecular flexibility index (Phi) is 13.6. The first-order valence-electron chi connectivity index (χ1n) is 7.92. The summed E-state index contributed by atoms with van der Waals surface area (Å²) >= 11 is 0. The Balaban J connectivity index is 3.04. The van der Waals surface area contributed by atoms with Crippen LogP contribution in [-0.2, 0) is 0 Å². The van der Waals surface area contributed by atoms with E-state index < -0.39 is 0 Å². The van der Waals surface area contributed by atoms with Crippen molar-refractivity contribution in [3.8, 4) is 0 Å². The monoisotopic (exact) mass is 238 g/mol. The molecule has 0 unspecified atom stereocenters. The van der Waals surface area contributed by atoms with Crippen molar-refractivity contribution in [1.82, 2.24) is 0 Å². The van der Waals surface area contributed by atoms with Crippen LogP contribution >= 0.6 is 0 Å². The first kappa shape index (κ1) is 16.7. The summed E-state index contributed by atoms with van der Waals surface area (Å²) in [6.07, 6.45) is 20.0. The lowest BCUT2D eigenvalue weighted by atomic mass is 10.0. The largest absolute Gasteiger partial charge is 0.0885 e. The van der Waals surface area contributed by atoms with Crippen molar-refractivity contribution in [2.45, 2.75) is 91.4 Å². The summed E-state index contributed by atoms with van der Waals surface area (Å²) in [6.45, 7) is 6.91. The Morgan fingerprint density at radius 2 is 1.24 bits per heavy atom. The van der Waals surface area contributed by atoms with Gasteiger partial charge in [0.15, 0.2) is 0 Å². The molecule has 0 radical (unpaired) electrons. The quantitative estimate of drug-likeness (QED) is 0.268. The number of hydrogen-bond donors (Lipinski definition) is 0. The van der Waals surface area contributed by atoms with Gasteiger partial charge in [0, 0.05) is 0 Å². The van der Waals surface area contributed by atoms with Crippen LogP contribution in [0.2, 0.25) is 0 Å². The molecule has 0 heteroatoms. The topological polar surface area (TPSA) is 0 Å². The fourth-order valence-electron chi connectivity index (χ4n) is 2.09. The Morgan fingerprint density at radius 3 is 1.82 bits per heavy atom. The Morgan fingerprint density at radius 1 is 0.706 bits per heavy atom. The van der Waals surface area contributed by atoms with Crippen LogP contribution < -0.4 is 0 Å². The molecule has 102 valence electrons. The van der Waals surface area contributed by atoms with Gasteiger partial charge in [0.1, 0.15) is 0 Å². The van der Waals surface area contributed by atoms with Crippen LogP contribution in [0.15, 0.2) is 12.2 Å². The molecule has 0 rings (SSSR count). The van der Waals surface area contributed by atoms with Gasteiger partial charge in [-0.2, -0.15) is 0 Å². The van der Waals surface area contributed by atoms with E-state index in [1.54, 1.807) is 0 Å². The van der Waals surface area contributed by atoms with Gasteiger partial charge in [-0.15, -0.1) is 0 Å². The van der Waals surface area contributed by atoms with Crippen LogP contribution in [0, 0.1) is 5.92 Å². The third kappa shape index (κ3) is 15.7. The maximum atomic E-state index is 2.40. The molecule has 0 aliphatic rings. The first-order valence-corrected chi connectivity index (χ1v) is 7.92. The predicted molar refractivity (Wildman–Crippen MR) is 80.4 cm³/mol. The summed E-state index contributed by atoms with van der Waals surface area (Å²) < 4.78 is 0. The van der Waals surface area contributed by atoms with Gasteiger partial charge in [-0.05, 0) is 31.6 Å². The summed E-state index contributed by atoms with van der Waals surface area (Å²) in [5, 5.41) is 0. The van der Waals surface area contributed by atoms with Crippen LogP contribution in [0.25, 0.3) is 0 Å². The van der Waals surface area contributed by atoms with Crippen molar-refractivity contribution in [2.75, 3.05) is 0 Å². The lowest BCUT2D eigenvalue weighted by Crippen LogP contribution is -1.85. The molecule has 0 saturated heterocycles. The van der Waals surface area contributed by atoms with Gasteiger partial charge in [0.05, 0.1) is 0 Å². The second-order valence-electron chi connectivity index (χ2n) is 5.71. The summed E-state index contributed by atoms with van der Waals surface area (Å²) in [4.78, 5) is 0. The minimum Gasteiger partial charge on any atom is -0.0885 e. The second kappa shape index (κ2) is 13.8. The minimum atomic E-state index is 0.877. The van der Waals surface area contributed by atoms with E-state index in [0.717, 1.165) is 5.92 Å². The lowest BCUT2D eigenvalue weighted by molar-refractivity contribution is 0.540. The number of rotatable bonds is 12. The highest BCUT2D eigenvalue weighted by Crippen LogP contribution is 2.10. The van der Waals surface area contributed by atoms with Crippen molar-refractivity contribution in [1.29, 1.82) is 0 Å². The maximum absolute atomic E-state index is 2.40. The smallest absolute Gasteiger partial charge is 0.0351 e. The van der Waals surface area contributed by atoms with E-state index >= 15 is 0 Å². The molecule has 0 N–H and O–H groups in total. The van der Waals surface area contributed by atoms with Gasteiger partial charge in [-0.3, -0.25) is 0 Å². The van der Waals surface area contributed by atoms with Crippen molar-refractivity contribution >= 4 is 0 Å². The number of hydrogen-bond acceptors (Lipinski definition) is 0. The van der Waals surface area contributed by atoms with Gasteiger partial charge in [0.25, 0.3) is 0 Å². The molecule has 17 heavy (non-hydrogen) atoms. The van der Waals surface area contributed by atoms with Gasteiger partial charge in [-0.1, -0.05) is 77.9 Å². The van der Waals surface area contributed by atoms with Crippen molar-refractivity contribution in [2.24, 2.45) is 5.92 Å². The van der Waals surface area contributed by atoms with Crippen LogP contribution in [0.1, 0.15) is 91.4 Å². The SMILES string of the molecule is CCCCCCCCC=CCCCCC(C)C. The molecule has 0 atom stereocenters. The van der Waals surface area contributed by atoms with Gasteiger partial charge >= 0.3 is 0 Å². The molecule has 0 nitrogen and oxygen atoms in total. The molecular formula is C17H34. The van der Waals surface area contributed by atoms with E-state index in [0.29, 0.717) is 0 Å². The number of unbranched alkanes of at least 4 members (excludes halogenated alkanes) is 8. The zero-order valence-corrected chi connectivity index (χ0v) is 12.5. The average Bonchev–Trinajstić information content (AvgIpc) is 2.30. The summed E-state index contributed by atoms with van der Waals surface area (Å²) in [7, 11) is 0. The third-order valence-corrected chi connectivity index (χ3v) is 3.29. The molecule has 0 aromatic carbocycles. The van der Waals surface area contributed by atoms with Crippen molar-refractivity contribution < 1.29 is 0 Å². The summed E-state index contributed by atoms with van der Waals surface area (Å²) in [5.74, 6) is 0.877. The first-order chi connectivity index (χ1) is 8.27. The zero-order valence-electron chi connectivity index (χ0n) is 12.5. The van der Waals surface area contributed by atoms with Crippen LogP contribution in [0.5, 0.6) is 0 Å². The highest BCUT2D eigenvalue weighted by atomic mass is 14.0. The van der Waals surface area contributed by atoms with Crippen molar-refractivity contribution in [3.63, 3.8) is 0 Å². The third-order valence-electron chi connectivity index (χ3n) is 3.29. The molecule has 0 bridgehead atoms. The lowest BCUT2D eigenvalue weighted by Gasteiger charge is -2.01. The van der Waals surface area contributed by atoms with E-state index in [1.807, 2.05) is 0 Å². The van der Waals surface area contributed by atoms with E-state index in [1.165, 1.54) is 70.6 Å². The van der Waals surface area contributed by atoms with Crippen LogP contribution in [-0.4, -0.2) is 0 Å². The Hall–Kier alpha value is -0.260. The standard InChI is InChI=1S/C17H34/c1-4-5-6-7-8-9-10-11-12-13-14-15-16-17(2)3/h11-12,17H,4-10,13-16H2,1-3H3. The molecule has 0 fully saturated rings. The summed E-state index contributed by atoms with van der Waals surface area (Å²) in [5.41, 5.74) is 0. The fraction of sp³-hybridized carbons (Fsp3) is 0.882. The fourth-order valence-corrected chi connectivity index (χ4v) is 2.09. The highest BCUT2D eigenvalue weighted by Gasteiger charge is 1.92. The van der Waals surface area contributed by atoms with Gasteiger partial charge < -0.3 is 0 Å². The van der Waals surface area contributed by atoms with Crippen LogP contribution in [0.4, 0.5) is 0 Å². The maximum Gasteiger partial charge on any atom is -0.0351 e. The Bertz CT molecular complexity index is 155. The van der Waals surface area contributed by atoms with Crippen LogP contribution in [0.3, 0.4) is 0 Å². The summed E-state index contributed by atoms with van der Waals surface area (Å²) in [6, 6.07) is 0. The Labute approximate surface area is 110 Å². The van der Waals surface area contributed by atoms with Gasteiger partial charge in [-0.25, -0.2) is 0 Å². The predicted octanol–water partition coefficient (Wildman–Crippen LogP) is 6.51. The number of allylic oxidation sites excluding steroid dienone is 2. The molecule has 0 spiro atoms. The minimum absolute atomic E-state index is 0.877. The second-order valence-corrected chi connectivity index (χ2v) is 5.71. The van der Waals surface area contributed by atoms with E-state index in [2.05, 4.69) is 32.9 Å². The van der Waals surface area contributed by atoms with E-state index in [-0.39, 0.29) is 0 Å². The van der Waals surface area contributed by atoms with E-state index in [4.69, 9.17) is 0 Å². The molecule has 0 aliphatic heterocycles. The van der Waals surface area contributed by atoms with Gasteiger partial charge in [0.2, 0.25) is 0 Å². The molecule has 0 heterocycles. The zero-order chi connectivity index (χ0) is 12.8. The molecule has 0 amide bonds.